The summed E-state index contributed by atoms with van der Waals surface area (Å²) in [7, 11) is 1.10. The molecule has 24 heavy (non-hydrogen) atoms. The van der Waals surface area contributed by atoms with Crippen molar-refractivity contribution in [1.82, 2.24) is 9.03 Å². The van der Waals surface area contributed by atoms with Crippen LogP contribution < -0.4 is 18.9 Å². The fourth-order valence-corrected chi connectivity index (χ4v) is 4.03. The summed E-state index contributed by atoms with van der Waals surface area (Å²) in [6, 6.07) is 3.41. The normalized spacial score (nSPS) is 16.5. The third kappa shape index (κ3) is 4.52. The second-order valence-electron chi connectivity index (χ2n) is 5.66. The first kappa shape index (κ1) is 18.8. The molecule has 0 spiro atoms. The van der Waals surface area contributed by atoms with E-state index in [-0.39, 0.29) is 6.54 Å². The number of methoxy groups -OCH3 is 3. The van der Waals surface area contributed by atoms with Crippen molar-refractivity contribution in [2.75, 3.05) is 34.4 Å². The van der Waals surface area contributed by atoms with Gasteiger partial charge in [-0.25, -0.2) is 0 Å². The Morgan fingerprint density at radius 2 is 1.46 bits per heavy atom. The van der Waals surface area contributed by atoms with Gasteiger partial charge in [0.1, 0.15) is 5.75 Å². The van der Waals surface area contributed by atoms with Crippen LogP contribution in [-0.4, -0.2) is 47.1 Å². The quantitative estimate of drug-likeness (QED) is 0.806. The molecule has 0 amide bonds. The molecule has 1 saturated heterocycles. The topological polar surface area (TPSA) is 77.1 Å². The fraction of sp³-hybridized carbons (Fsp3) is 0.625. The van der Waals surface area contributed by atoms with Gasteiger partial charge in [-0.3, -0.25) is 0 Å². The first-order chi connectivity index (χ1) is 11.5. The zero-order chi connectivity index (χ0) is 17.6. The van der Waals surface area contributed by atoms with Gasteiger partial charge in [-0.05, 0) is 18.9 Å². The number of nitrogens with zero attached hydrogens (tertiary/aromatic N) is 1. The third-order valence-electron chi connectivity index (χ3n) is 4.14. The van der Waals surface area contributed by atoms with Crippen LogP contribution in [0, 0.1) is 0 Å². The van der Waals surface area contributed by atoms with Gasteiger partial charge in [-0.1, -0.05) is 12.8 Å². The fourth-order valence-electron chi connectivity index (χ4n) is 2.77. The van der Waals surface area contributed by atoms with Crippen LogP contribution in [0.4, 0.5) is 0 Å². The maximum absolute atomic E-state index is 12.5. The van der Waals surface area contributed by atoms with E-state index in [0.29, 0.717) is 35.9 Å². The largest absolute Gasteiger partial charge is 0.496 e. The molecule has 7 nitrogen and oxygen atoms in total. The second kappa shape index (κ2) is 8.55. The Kier molecular flexibility index (Phi) is 6.70. The van der Waals surface area contributed by atoms with E-state index in [1.54, 1.807) is 19.2 Å². The van der Waals surface area contributed by atoms with Crippen LogP contribution in [0.3, 0.4) is 0 Å². The molecule has 136 valence electrons. The van der Waals surface area contributed by atoms with Crippen LogP contribution in [-0.2, 0) is 16.8 Å². The van der Waals surface area contributed by atoms with Crippen molar-refractivity contribution in [3.63, 3.8) is 0 Å². The molecule has 2 rings (SSSR count). The Morgan fingerprint density at radius 3 is 2.00 bits per heavy atom. The molecule has 0 saturated carbocycles. The van der Waals surface area contributed by atoms with Gasteiger partial charge in [0.25, 0.3) is 10.2 Å². The zero-order valence-corrected chi connectivity index (χ0v) is 15.3. The Balaban J connectivity index is 2.15. The van der Waals surface area contributed by atoms with E-state index >= 15 is 0 Å². The number of hydrogen-bond donors (Lipinski definition) is 1. The van der Waals surface area contributed by atoms with E-state index in [2.05, 4.69) is 4.72 Å². The van der Waals surface area contributed by atoms with Gasteiger partial charge in [0.05, 0.1) is 21.3 Å². The third-order valence-corrected chi connectivity index (χ3v) is 5.69. The standard InChI is InChI=1S/C16H26N2O5S/c1-21-14-11-16(23-3)15(22-2)10-13(14)12-17-24(19,20)18-8-6-4-5-7-9-18/h10-11,17H,4-9,12H2,1-3H3. The van der Waals surface area contributed by atoms with Crippen LogP contribution in [0.5, 0.6) is 17.2 Å². The number of ether oxygens (including phenoxy) is 3. The van der Waals surface area contributed by atoms with E-state index in [9.17, 15) is 8.42 Å². The predicted octanol–water partition coefficient (Wildman–Crippen LogP) is 1.92. The predicted molar refractivity (Wildman–Crippen MR) is 91.9 cm³/mol. The van der Waals surface area contributed by atoms with Crippen molar-refractivity contribution in [2.24, 2.45) is 0 Å². The highest BCUT2D eigenvalue weighted by molar-refractivity contribution is 7.87. The van der Waals surface area contributed by atoms with Crippen molar-refractivity contribution >= 4 is 10.2 Å². The number of nitrogens with one attached hydrogen (secondary N) is 1. The van der Waals surface area contributed by atoms with Gasteiger partial charge in [-0.15, -0.1) is 0 Å². The van der Waals surface area contributed by atoms with Crippen molar-refractivity contribution in [3.8, 4) is 17.2 Å². The smallest absolute Gasteiger partial charge is 0.279 e. The first-order valence-corrected chi connectivity index (χ1v) is 9.49. The number of hydrogen-bond acceptors (Lipinski definition) is 5. The van der Waals surface area contributed by atoms with E-state index in [1.807, 2.05) is 0 Å². The number of rotatable bonds is 7. The minimum absolute atomic E-state index is 0.127. The lowest BCUT2D eigenvalue weighted by atomic mass is 10.1. The average molecular weight is 358 g/mol. The minimum atomic E-state index is -3.51. The molecule has 0 unspecified atom stereocenters. The molecule has 8 heteroatoms. The SMILES string of the molecule is COc1cc(OC)c(OC)cc1CNS(=O)(=O)N1CCCCCC1. The summed E-state index contributed by atoms with van der Waals surface area (Å²) in [6.45, 7) is 1.26. The van der Waals surface area contributed by atoms with Crippen LogP contribution in [0.1, 0.15) is 31.2 Å². The lowest BCUT2D eigenvalue weighted by molar-refractivity contribution is 0.347. The van der Waals surface area contributed by atoms with Crippen molar-refractivity contribution < 1.29 is 22.6 Å². The summed E-state index contributed by atoms with van der Waals surface area (Å²) in [6.07, 6.45) is 3.96. The first-order valence-electron chi connectivity index (χ1n) is 8.05. The van der Waals surface area contributed by atoms with E-state index in [1.165, 1.54) is 18.5 Å². The molecule has 0 aromatic heterocycles. The Bertz CT molecular complexity index is 640. The molecule has 1 aromatic rings. The summed E-state index contributed by atoms with van der Waals surface area (Å²) in [5.74, 6) is 1.61. The maximum atomic E-state index is 12.5. The highest BCUT2D eigenvalue weighted by atomic mass is 32.2. The van der Waals surface area contributed by atoms with Crippen LogP contribution in [0.25, 0.3) is 0 Å². The Hall–Kier alpha value is -1.51. The molecule has 0 aliphatic carbocycles. The van der Waals surface area contributed by atoms with Gasteiger partial charge in [0, 0.05) is 31.3 Å². The molecular formula is C16H26N2O5S. The van der Waals surface area contributed by atoms with E-state index in [4.69, 9.17) is 14.2 Å². The van der Waals surface area contributed by atoms with E-state index in [0.717, 1.165) is 25.7 Å². The molecule has 1 aromatic carbocycles. The van der Waals surface area contributed by atoms with Crippen molar-refractivity contribution in [2.45, 2.75) is 32.2 Å². The Morgan fingerprint density at radius 1 is 0.917 bits per heavy atom. The summed E-state index contributed by atoms with van der Waals surface area (Å²) < 4.78 is 45.0. The molecule has 1 aliphatic heterocycles. The summed E-state index contributed by atoms with van der Waals surface area (Å²) in [4.78, 5) is 0. The van der Waals surface area contributed by atoms with Gasteiger partial charge in [0.2, 0.25) is 0 Å². The zero-order valence-electron chi connectivity index (χ0n) is 14.5. The summed E-state index contributed by atoms with van der Waals surface area (Å²) in [5, 5.41) is 0. The van der Waals surface area contributed by atoms with E-state index < -0.39 is 10.2 Å². The molecule has 1 heterocycles. The molecule has 0 bridgehead atoms. The van der Waals surface area contributed by atoms with Gasteiger partial charge in [-0.2, -0.15) is 17.4 Å². The molecule has 1 fully saturated rings. The summed E-state index contributed by atoms with van der Waals surface area (Å²) in [5.41, 5.74) is 0.688. The lowest BCUT2D eigenvalue weighted by Crippen LogP contribution is -2.40. The maximum Gasteiger partial charge on any atom is 0.279 e. The monoisotopic (exact) mass is 358 g/mol. The second-order valence-corrected chi connectivity index (χ2v) is 7.41. The van der Waals surface area contributed by atoms with Gasteiger partial charge < -0.3 is 14.2 Å². The highest BCUT2D eigenvalue weighted by Gasteiger charge is 2.23. The minimum Gasteiger partial charge on any atom is -0.496 e. The lowest BCUT2D eigenvalue weighted by Gasteiger charge is -2.21. The molecule has 0 atom stereocenters. The Labute approximate surface area is 144 Å². The van der Waals surface area contributed by atoms with Crippen LogP contribution >= 0.6 is 0 Å². The molecular weight excluding hydrogens is 332 g/mol. The highest BCUT2D eigenvalue weighted by Crippen LogP contribution is 2.34. The summed E-state index contributed by atoms with van der Waals surface area (Å²) >= 11 is 0. The molecule has 0 radical (unpaired) electrons. The molecule has 1 N–H and O–H groups in total. The van der Waals surface area contributed by atoms with Crippen molar-refractivity contribution in [1.29, 1.82) is 0 Å². The van der Waals surface area contributed by atoms with Crippen LogP contribution in [0.15, 0.2) is 12.1 Å². The van der Waals surface area contributed by atoms with Crippen molar-refractivity contribution in [3.05, 3.63) is 17.7 Å². The number of benzene rings is 1. The van der Waals surface area contributed by atoms with Crippen LogP contribution in [0.2, 0.25) is 0 Å². The van der Waals surface area contributed by atoms with Gasteiger partial charge >= 0.3 is 0 Å². The average Bonchev–Trinajstić information content (AvgIpc) is 2.89. The van der Waals surface area contributed by atoms with Gasteiger partial charge in [0.15, 0.2) is 11.5 Å². The molecule has 1 aliphatic rings.